The third-order valence-corrected chi connectivity index (χ3v) is 3.20. The number of carbonyl (C=O) groups is 2. The first kappa shape index (κ1) is 14.1. The van der Waals surface area contributed by atoms with Crippen molar-refractivity contribution in [2.75, 3.05) is 12.4 Å². The van der Waals surface area contributed by atoms with Crippen molar-refractivity contribution in [2.45, 2.75) is 18.9 Å². The van der Waals surface area contributed by atoms with Crippen LogP contribution in [0, 0.1) is 10.1 Å². The third kappa shape index (κ3) is 2.52. The van der Waals surface area contributed by atoms with Gasteiger partial charge in [0.25, 0.3) is 5.91 Å². The van der Waals surface area contributed by atoms with E-state index in [9.17, 15) is 19.7 Å². The molecule has 1 atom stereocenters. The molecule has 1 saturated heterocycles. The highest BCUT2D eigenvalue weighted by Crippen LogP contribution is 2.29. The Balaban J connectivity index is 2.27. The molecule has 0 aromatic carbocycles. The van der Waals surface area contributed by atoms with Gasteiger partial charge in [0.15, 0.2) is 0 Å². The second-order valence-electron chi connectivity index (χ2n) is 4.15. The van der Waals surface area contributed by atoms with Gasteiger partial charge in [-0.25, -0.2) is 9.97 Å². The predicted octanol–water partition coefficient (Wildman–Crippen LogP) is 0.597. The van der Waals surface area contributed by atoms with Crippen LogP contribution in [0.5, 0.6) is 0 Å². The molecule has 1 unspecified atom stereocenters. The maximum absolute atomic E-state index is 11.9. The highest BCUT2D eigenvalue weighted by atomic mass is 35.5. The molecule has 2 rings (SSSR count). The van der Waals surface area contributed by atoms with Crippen LogP contribution in [-0.2, 0) is 9.59 Å². The number of likely N-dealkylation sites (tertiary alicyclic amines) is 1. The van der Waals surface area contributed by atoms with Crippen molar-refractivity contribution in [3.8, 4) is 0 Å². The van der Waals surface area contributed by atoms with Crippen LogP contribution in [0.1, 0.15) is 12.8 Å². The van der Waals surface area contributed by atoms with E-state index in [-0.39, 0.29) is 29.7 Å². The van der Waals surface area contributed by atoms with Crippen LogP contribution in [0.15, 0.2) is 6.33 Å². The van der Waals surface area contributed by atoms with Crippen molar-refractivity contribution < 1.29 is 14.5 Å². The zero-order valence-corrected chi connectivity index (χ0v) is 11.1. The number of piperidine rings is 1. The number of hydrogen-bond donors (Lipinski definition) is 1. The number of rotatable bonds is 3. The lowest BCUT2D eigenvalue weighted by Gasteiger charge is -2.28. The number of nitro groups is 1. The fraction of sp³-hybridized carbons (Fsp3) is 0.400. The molecule has 106 valence electrons. The number of halogens is 1. The second kappa shape index (κ2) is 5.37. The molecule has 1 aliphatic rings. The lowest BCUT2D eigenvalue weighted by atomic mass is 10.0. The summed E-state index contributed by atoms with van der Waals surface area (Å²) in [6, 6.07) is -0.762. The first-order chi connectivity index (χ1) is 9.41. The molecular formula is C10H10ClN5O4. The van der Waals surface area contributed by atoms with Crippen LogP contribution in [0.2, 0.25) is 5.15 Å². The zero-order valence-electron chi connectivity index (χ0n) is 10.4. The van der Waals surface area contributed by atoms with E-state index < -0.39 is 22.6 Å². The van der Waals surface area contributed by atoms with Gasteiger partial charge in [-0.2, -0.15) is 0 Å². The maximum Gasteiger partial charge on any atom is 0.348 e. The summed E-state index contributed by atoms with van der Waals surface area (Å²) in [6.07, 6.45) is 1.47. The van der Waals surface area contributed by atoms with Crippen LogP contribution in [0.3, 0.4) is 0 Å². The van der Waals surface area contributed by atoms with Gasteiger partial charge in [0.2, 0.25) is 16.9 Å². The van der Waals surface area contributed by atoms with E-state index >= 15 is 0 Å². The molecule has 20 heavy (non-hydrogen) atoms. The molecule has 2 heterocycles. The summed E-state index contributed by atoms with van der Waals surface area (Å²) in [5.41, 5.74) is -0.499. The molecule has 1 fully saturated rings. The van der Waals surface area contributed by atoms with Gasteiger partial charge < -0.3 is 5.32 Å². The van der Waals surface area contributed by atoms with Crippen molar-refractivity contribution in [3.63, 3.8) is 0 Å². The molecule has 0 saturated carbocycles. The molecule has 1 N–H and O–H groups in total. The van der Waals surface area contributed by atoms with E-state index in [1.54, 1.807) is 0 Å². The average Bonchev–Trinajstić information content (AvgIpc) is 2.39. The standard InChI is InChI=1S/C10H10ClN5O4/c1-15-6(17)3-2-5(10(15)18)14-9-7(16(19)20)8(11)12-4-13-9/h4-5H,2-3H2,1H3,(H,12,13,14). The number of imide groups is 1. The van der Waals surface area contributed by atoms with E-state index in [0.717, 1.165) is 11.2 Å². The zero-order chi connectivity index (χ0) is 14.9. The highest BCUT2D eigenvalue weighted by molar-refractivity contribution is 6.31. The van der Waals surface area contributed by atoms with E-state index in [0.29, 0.717) is 0 Å². The van der Waals surface area contributed by atoms with Gasteiger partial charge in [-0.15, -0.1) is 0 Å². The molecule has 1 aromatic heterocycles. The summed E-state index contributed by atoms with van der Waals surface area (Å²) in [7, 11) is 1.36. The van der Waals surface area contributed by atoms with Crippen LogP contribution >= 0.6 is 11.6 Å². The van der Waals surface area contributed by atoms with Gasteiger partial charge in [-0.1, -0.05) is 11.6 Å². The van der Waals surface area contributed by atoms with Crippen LogP contribution < -0.4 is 5.32 Å². The topological polar surface area (TPSA) is 118 Å². The summed E-state index contributed by atoms with van der Waals surface area (Å²) in [4.78, 5) is 41.7. The lowest BCUT2D eigenvalue weighted by Crippen LogP contribution is -2.48. The van der Waals surface area contributed by atoms with Crippen molar-refractivity contribution in [1.29, 1.82) is 0 Å². The minimum atomic E-state index is -0.762. The average molecular weight is 300 g/mol. The fourth-order valence-electron chi connectivity index (χ4n) is 1.84. The fourth-order valence-corrected chi connectivity index (χ4v) is 2.04. The van der Waals surface area contributed by atoms with Gasteiger partial charge in [-0.3, -0.25) is 24.6 Å². The molecule has 1 aromatic rings. The van der Waals surface area contributed by atoms with Crippen molar-refractivity contribution in [3.05, 3.63) is 21.6 Å². The summed E-state index contributed by atoms with van der Waals surface area (Å²) in [6.45, 7) is 0. The Kier molecular flexibility index (Phi) is 3.79. The van der Waals surface area contributed by atoms with Crippen LogP contribution in [0.25, 0.3) is 0 Å². The minimum Gasteiger partial charge on any atom is -0.352 e. The maximum atomic E-state index is 11.9. The number of hydrogen-bond acceptors (Lipinski definition) is 7. The van der Waals surface area contributed by atoms with Crippen molar-refractivity contribution >= 4 is 34.9 Å². The molecule has 1 aliphatic heterocycles. The molecule has 0 radical (unpaired) electrons. The molecule has 0 spiro atoms. The number of aromatic nitrogens is 2. The molecule has 2 amide bonds. The molecule has 10 heteroatoms. The van der Waals surface area contributed by atoms with Gasteiger partial charge in [0, 0.05) is 13.5 Å². The first-order valence-electron chi connectivity index (χ1n) is 5.63. The SMILES string of the molecule is CN1C(=O)CCC(Nc2ncnc(Cl)c2[N+](=O)[O-])C1=O. The Morgan fingerprint density at radius 2 is 2.20 bits per heavy atom. The molecule has 0 bridgehead atoms. The number of likely N-dealkylation sites (N-methyl/N-ethyl adjacent to an activating group) is 1. The first-order valence-corrected chi connectivity index (χ1v) is 6.01. The van der Waals surface area contributed by atoms with Crippen LogP contribution in [0.4, 0.5) is 11.5 Å². The van der Waals surface area contributed by atoms with E-state index in [1.165, 1.54) is 7.05 Å². The Morgan fingerprint density at radius 1 is 1.50 bits per heavy atom. The molecular weight excluding hydrogens is 290 g/mol. The normalized spacial score (nSPS) is 19.1. The quantitative estimate of drug-likeness (QED) is 0.375. The summed E-state index contributed by atoms with van der Waals surface area (Å²) < 4.78 is 0. The van der Waals surface area contributed by atoms with Crippen molar-refractivity contribution in [1.82, 2.24) is 14.9 Å². The number of nitrogens with zero attached hydrogens (tertiary/aromatic N) is 4. The van der Waals surface area contributed by atoms with E-state index in [4.69, 9.17) is 11.6 Å². The van der Waals surface area contributed by atoms with Crippen molar-refractivity contribution in [2.24, 2.45) is 0 Å². The largest absolute Gasteiger partial charge is 0.352 e. The van der Waals surface area contributed by atoms with Gasteiger partial charge in [0.05, 0.1) is 4.92 Å². The Labute approximate surface area is 118 Å². The smallest absolute Gasteiger partial charge is 0.348 e. The number of carbonyl (C=O) groups excluding carboxylic acids is 2. The molecule has 9 nitrogen and oxygen atoms in total. The number of nitrogens with one attached hydrogen (secondary N) is 1. The lowest BCUT2D eigenvalue weighted by molar-refractivity contribution is -0.384. The number of amides is 2. The Morgan fingerprint density at radius 3 is 2.85 bits per heavy atom. The predicted molar refractivity (Wildman–Crippen MR) is 68.1 cm³/mol. The van der Waals surface area contributed by atoms with E-state index in [1.807, 2.05) is 0 Å². The Hall–Kier alpha value is -2.29. The highest BCUT2D eigenvalue weighted by Gasteiger charge is 2.34. The number of anilines is 1. The van der Waals surface area contributed by atoms with E-state index in [2.05, 4.69) is 15.3 Å². The van der Waals surface area contributed by atoms with Gasteiger partial charge in [-0.05, 0) is 6.42 Å². The van der Waals surface area contributed by atoms with Gasteiger partial charge in [0.1, 0.15) is 12.4 Å². The van der Waals surface area contributed by atoms with Crippen LogP contribution in [-0.4, -0.2) is 44.7 Å². The summed E-state index contributed by atoms with van der Waals surface area (Å²) in [5.74, 6) is -0.898. The third-order valence-electron chi connectivity index (χ3n) is 2.92. The summed E-state index contributed by atoms with van der Waals surface area (Å²) >= 11 is 5.65. The monoisotopic (exact) mass is 299 g/mol. The minimum absolute atomic E-state index is 0.143. The molecule has 0 aliphatic carbocycles. The van der Waals surface area contributed by atoms with Gasteiger partial charge >= 0.3 is 5.69 Å². The second-order valence-corrected chi connectivity index (χ2v) is 4.50. The summed E-state index contributed by atoms with van der Waals surface area (Å²) in [5, 5.41) is 13.3. The Bertz CT molecular complexity index is 593.